The maximum atomic E-state index is 13.4. The van der Waals surface area contributed by atoms with Crippen LogP contribution in [0.5, 0.6) is 0 Å². The van der Waals surface area contributed by atoms with Crippen molar-refractivity contribution in [3.63, 3.8) is 0 Å². The van der Waals surface area contributed by atoms with E-state index in [4.69, 9.17) is 0 Å². The smallest absolute Gasteiger partial charge is 0.150 e. The van der Waals surface area contributed by atoms with Crippen LogP contribution in [0.1, 0.15) is 18.9 Å². The molecule has 0 atom stereocenters. The molecule has 0 saturated heterocycles. The Morgan fingerprint density at radius 3 is 2.65 bits per heavy atom. The largest absolute Gasteiger partial charge is 0.383 e. The van der Waals surface area contributed by atoms with E-state index in [0.29, 0.717) is 18.7 Å². The van der Waals surface area contributed by atoms with Gasteiger partial charge in [-0.05, 0) is 31.0 Å². The number of hydrogen-bond acceptors (Lipinski definition) is 3. The van der Waals surface area contributed by atoms with Crippen molar-refractivity contribution in [1.29, 1.82) is 0 Å². The van der Waals surface area contributed by atoms with Crippen LogP contribution in [-0.2, 0) is 9.84 Å². The molecule has 5 heteroatoms. The first kappa shape index (κ1) is 14.0. The molecule has 0 bridgehead atoms. The van der Waals surface area contributed by atoms with E-state index >= 15 is 0 Å². The Morgan fingerprint density at radius 1 is 1.35 bits per heavy atom. The predicted molar refractivity (Wildman–Crippen MR) is 68.6 cm³/mol. The topological polar surface area (TPSA) is 46.2 Å². The Balaban J connectivity index is 2.41. The Bertz CT molecular complexity index is 471. The van der Waals surface area contributed by atoms with Gasteiger partial charge in [-0.15, -0.1) is 0 Å². The van der Waals surface area contributed by atoms with E-state index in [9.17, 15) is 12.8 Å². The molecule has 0 saturated carbocycles. The molecule has 17 heavy (non-hydrogen) atoms. The summed E-state index contributed by atoms with van der Waals surface area (Å²) < 4.78 is 35.8. The third-order valence-electron chi connectivity index (χ3n) is 2.51. The average molecular weight is 259 g/mol. The molecule has 0 radical (unpaired) electrons. The first-order valence-electron chi connectivity index (χ1n) is 5.65. The van der Waals surface area contributed by atoms with Gasteiger partial charge in [-0.3, -0.25) is 0 Å². The van der Waals surface area contributed by atoms with Gasteiger partial charge in [-0.1, -0.05) is 13.0 Å². The molecule has 1 aromatic carbocycles. The van der Waals surface area contributed by atoms with E-state index in [1.807, 2.05) is 13.0 Å². The van der Waals surface area contributed by atoms with Crippen molar-refractivity contribution < 1.29 is 12.8 Å². The van der Waals surface area contributed by atoms with Gasteiger partial charge < -0.3 is 5.32 Å². The van der Waals surface area contributed by atoms with Crippen molar-refractivity contribution in [2.45, 2.75) is 20.3 Å². The number of aryl methyl sites for hydroxylation is 1. The fourth-order valence-corrected chi connectivity index (χ4v) is 2.30. The van der Waals surface area contributed by atoms with Crippen LogP contribution in [0.2, 0.25) is 0 Å². The SMILES string of the molecule is CCS(=O)(=O)CCCNc1ccc(C)cc1F. The van der Waals surface area contributed by atoms with E-state index in [2.05, 4.69) is 5.32 Å². The van der Waals surface area contributed by atoms with E-state index in [1.165, 1.54) is 6.07 Å². The van der Waals surface area contributed by atoms with Gasteiger partial charge in [-0.25, -0.2) is 12.8 Å². The van der Waals surface area contributed by atoms with Gasteiger partial charge in [0.2, 0.25) is 0 Å². The molecule has 0 fully saturated rings. The van der Waals surface area contributed by atoms with Gasteiger partial charge >= 0.3 is 0 Å². The van der Waals surface area contributed by atoms with Crippen LogP contribution in [0, 0.1) is 12.7 Å². The molecule has 0 aliphatic heterocycles. The normalized spacial score (nSPS) is 11.5. The molecule has 3 nitrogen and oxygen atoms in total. The van der Waals surface area contributed by atoms with Crippen molar-refractivity contribution in [3.8, 4) is 0 Å². The highest BCUT2D eigenvalue weighted by Crippen LogP contribution is 2.14. The van der Waals surface area contributed by atoms with E-state index in [-0.39, 0.29) is 17.3 Å². The van der Waals surface area contributed by atoms with Crippen LogP contribution in [0.25, 0.3) is 0 Å². The number of rotatable bonds is 6. The third-order valence-corrected chi connectivity index (χ3v) is 4.30. The van der Waals surface area contributed by atoms with Gasteiger partial charge in [0, 0.05) is 12.3 Å². The minimum Gasteiger partial charge on any atom is -0.383 e. The summed E-state index contributed by atoms with van der Waals surface area (Å²) in [6, 6.07) is 4.93. The van der Waals surface area contributed by atoms with Crippen LogP contribution in [-0.4, -0.2) is 26.5 Å². The summed E-state index contributed by atoms with van der Waals surface area (Å²) in [6.45, 7) is 3.91. The number of sulfone groups is 1. The highest BCUT2D eigenvalue weighted by molar-refractivity contribution is 7.91. The fraction of sp³-hybridized carbons (Fsp3) is 0.500. The van der Waals surface area contributed by atoms with Crippen LogP contribution in [0.4, 0.5) is 10.1 Å². The summed E-state index contributed by atoms with van der Waals surface area (Å²) in [4.78, 5) is 0. The van der Waals surface area contributed by atoms with Gasteiger partial charge in [0.25, 0.3) is 0 Å². The maximum Gasteiger partial charge on any atom is 0.150 e. The quantitative estimate of drug-likeness (QED) is 0.798. The lowest BCUT2D eigenvalue weighted by atomic mass is 10.2. The molecule has 1 rings (SSSR count). The summed E-state index contributed by atoms with van der Waals surface area (Å²) in [5, 5.41) is 2.90. The average Bonchev–Trinajstić information content (AvgIpc) is 2.27. The number of halogens is 1. The molecule has 0 spiro atoms. The minimum atomic E-state index is -2.92. The van der Waals surface area contributed by atoms with E-state index in [0.717, 1.165) is 5.56 Å². The number of anilines is 1. The van der Waals surface area contributed by atoms with E-state index < -0.39 is 9.84 Å². The number of hydrogen-bond donors (Lipinski definition) is 1. The minimum absolute atomic E-state index is 0.143. The van der Waals surface area contributed by atoms with Crippen molar-refractivity contribution in [3.05, 3.63) is 29.6 Å². The lowest BCUT2D eigenvalue weighted by Gasteiger charge is -2.08. The molecule has 96 valence electrons. The van der Waals surface area contributed by atoms with Crippen molar-refractivity contribution >= 4 is 15.5 Å². The summed E-state index contributed by atoms with van der Waals surface area (Å²) in [7, 11) is -2.92. The third kappa shape index (κ3) is 4.73. The van der Waals surface area contributed by atoms with E-state index in [1.54, 1.807) is 13.0 Å². The molecular weight excluding hydrogens is 241 g/mol. The zero-order valence-corrected chi connectivity index (χ0v) is 11.0. The second kappa shape index (κ2) is 6.00. The van der Waals surface area contributed by atoms with Gasteiger partial charge in [0.1, 0.15) is 15.7 Å². The Labute approximate surface area is 102 Å². The Kier molecular flexibility index (Phi) is 4.93. The predicted octanol–water partition coefficient (Wildman–Crippen LogP) is 2.37. The van der Waals surface area contributed by atoms with Crippen molar-refractivity contribution in [2.24, 2.45) is 0 Å². The van der Waals surface area contributed by atoms with Crippen LogP contribution >= 0.6 is 0 Å². The van der Waals surface area contributed by atoms with Crippen molar-refractivity contribution in [2.75, 3.05) is 23.4 Å². The summed E-state index contributed by atoms with van der Waals surface area (Å²) in [6.07, 6.45) is 0.490. The zero-order valence-electron chi connectivity index (χ0n) is 10.2. The molecule has 0 heterocycles. The Hall–Kier alpha value is -1.10. The van der Waals surface area contributed by atoms with Crippen LogP contribution < -0.4 is 5.32 Å². The first-order valence-corrected chi connectivity index (χ1v) is 7.47. The van der Waals surface area contributed by atoms with Gasteiger partial charge in [-0.2, -0.15) is 0 Å². The molecule has 0 amide bonds. The lowest BCUT2D eigenvalue weighted by Crippen LogP contribution is -2.13. The molecule has 0 aromatic heterocycles. The molecule has 0 unspecified atom stereocenters. The number of nitrogens with one attached hydrogen (secondary N) is 1. The summed E-state index contributed by atoms with van der Waals surface area (Å²) in [5.74, 6) is -0.000993. The van der Waals surface area contributed by atoms with Gasteiger partial charge in [0.15, 0.2) is 0 Å². The molecule has 1 N–H and O–H groups in total. The zero-order chi connectivity index (χ0) is 12.9. The highest BCUT2D eigenvalue weighted by atomic mass is 32.2. The monoisotopic (exact) mass is 259 g/mol. The fourth-order valence-electron chi connectivity index (χ4n) is 1.42. The van der Waals surface area contributed by atoms with Crippen molar-refractivity contribution in [1.82, 2.24) is 0 Å². The van der Waals surface area contributed by atoms with Gasteiger partial charge in [0.05, 0.1) is 11.4 Å². The molecular formula is C12H18FNO2S. The first-order chi connectivity index (χ1) is 7.94. The summed E-state index contributed by atoms with van der Waals surface area (Å²) in [5.41, 5.74) is 1.28. The molecule has 0 aliphatic rings. The molecule has 0 aliphatic carbocycles. The highest BCUT2D eigenvalue weighted by Gasteiger charge is 2.07. The lowest BCUT2D eigenvalue weighted by molar-refractivity contribution is 0.595. The standard InChI is InChI=1S/C12H18FNO2S/c1-3-17(15,16)8-4-7-14-12-6-5-10(2)9-11(12)13/h5-6,9,14H,3-4,7-8H2,1-2H3. The second-order valence-electron chi connectivity index (χ2n) is 4.00. The van der Waals surface area contributed by atoms with Crippen LogP contribution in [0.3, 0.4) is 0 Å². The molecule has 1 aromatic rings. The summed E-state index contributed by atoms with van der Waals surface area (Å²) >= 11 is 0. The Morgan fingerprint density at radius 2 is 2.06 bits per heavy atom. The number of benzene rings is 1. The second-order valence-corrected chi connectivity index (χ2v) is 6.47. The van der Waals surface area contributed by atoms with Crippen LogP contribution in [0.15, 0.2) is 18.2 Å². The maximum absolute atomic E-state index is 13.4.